The first-order valence-corrected chi connectivity index (χ1v) is 15.9. The number of rotatable bonds is 4. The fourth-order valence-corrected chi connectivity index (χ4v) is 7.33. The van der Waals surface area contributed by atoms with Gasteiger partial charge in [0.25, 0.3) is 0 Å². The molecule has 0 atom stereocenters. The highest BCUT2D eigenvalue weighted by atomic mass is 15.0. The van der Waals surface area contributed by atoms with Crippen molar-refractivity contribution >= 4 is 49.3 Å². The smallest absolute Gasteiger partial charge is 0.188 e. The number of aromatic nitrogens is 2. The number of nitriles is 1. The lowest BCUT2D eigenvalue weighted by molar-refractivity contribution is 1.17. The fourth-order valence-electron chi connectivity index (χ4n) is 7.33. The van der Waals surface area contributed by atoms with Crippen LogP contribution in [0.1, 0.15) is 5.56 Å². The molecule has 4 nitrogen and oxygen atoms in total. The minimum Gasteiger partial charge on any atom is -0.309 e. The Hall–Kier alpha value is -6.88. The Morgan fingerprint density at radius 3 is 1.75 bits per heavy atom. The second-order valence-corrected chi connectivity index (χ2v) is 11.9. The summed E-state index contributed by atoms with van der Waals surface area (Å²) in [5, 5.41) is 14.8. The van der Waals surface area contributed by atoms with Gasteiger partial charge in [0.2, 0.25) is 0 Å². The van der Waals surface area contributed by atoms with Crippen molar-refractivity contribution in [1.82, 2.24) is 9.13 Å². The Morgan fingerprint density at radius 2 is 1.04 bits per heavy atom. The molecule has 0 saturated heterocycles. The van der Waals surface area contributed by atoms with E-state index in [0.717, 1.165) is 66.5 Å². The van der Waals surface area contributed by atoms with Gasteiger partial charge in [-0.3, -0.25) is 0 Å². The molecule has 0 saturated carbocycles. The predicted molar refractivity (Wildman–Crippen MR) is 197 cm³/mol. The van der Waals surface area contributed by atoms with Gasteiger partial charge in [0.05, 0.1) is 46.0 Å². The van der Waals surface area contributed by atoms with E-state index in [2.05, 4.69) is 129 Å². The van der Waals surface area contributed by atoms with Crippen LogP contribution in [0.15, 0.2) is 158 Å². The molecule has 2 aromatic heterocycles. The Labute approximate surface area is 277 Å². The molecule has 0 aliphatic carbocycles. The van der Waals surface area contributed by atoms with Gasteiger partial charge in [-0.1, -0.05) is 109 Å². The third kappa shape index (κ3) is 4.07. The lowest BCUT2D eigenvalue weighted by Gasteiger charge is -2.20. The number of hydrogen-bond donors (Lipinski definition) is 0. The van der Waals surface area contributed by atoms with Crippen molar-refractivity contribution < 1.29 is 0 Å². The van der Waals surface area contributed by atoms with Crippen molar-refractivity contribution in [2.75, 3.05) is 0 Å². The maximum Gasteiger partial charge on any atom is 0.188 e. The van der Waals surface area contributed by atoms with Gasteiger partial charge in [0, 0.05) is 38.5 Å². The fraction of sp³-hybridized carbons (Fsp3) is 0. The summed E-state index contributed by atoms with van der Waals surface area (Å²) in [6, 6.07) is 56.7. The summed E-state index contributed by atoms with van der Waals surface area (Å²) < 4.78 is 4.65. The van der Waals surface area contributed by atoms with Crippen LogP contribution in [0.25, 0.3) is 82.1 Å². The molecular weight excluding hydrogens is 585 g/mol. The molecule has 0 aliphatic heterocycles. The summed E-state index contributed by atoms with van der Waals surface area (Å²) in [5.41, 5.74) is 11.6. The zero-order valence-electron chi connectivity index (χ0n) is 25.8. The summed E-state index contributed by atoms with van der Waals surface area (Å²) in [6.07, 6.45) is 0. The average molecular weight is 611 g/mol. The normalized spacial score (nSPS) is 11.3. The third-order valence-corrected chi connectivity index (χ3v) is 9.38. The predicted octanol–water partition coefficient (Wildman–Crippen LogP) is 11.6. The molecule has 48 heavy (non-hydrogen) atoms. The second kappa shape index (κ2) is 10.9. The molecule has 0 aliphatic rings. The molecule has 0 amide bonds. The summed E-state index contributed by atoms with van der Waals surface area (Å²) in [4.78, 5) is 3.74. The van der Waals surface area contributed by atoms with Crippen LogP contribution in [0.4, 0.5) is 5.69 Å². The van der Waals surface area contributed by atoms with E-state index in [4.69, 9.17) is 6.57 Å². The van der Waals surface area contributed by atoms with Crippen LogP contribution in [0.2, 0.25) is 0 Å². The van der Waals surface area contributed by atoms with E-state index in [0.29, 0.717) is 11.3 Å². The van der Waals surface area contributed by atoms with Crippen molar-refractivity contribution in [2.45, 2.75) is 0 Å². The molecule has 9 rings (SSSR count). The molecule has 222 valence electrons. The first-order valence-electron chi connectivity index (χ1n) is 15.9. The van der Waals surface area contributed by atoms with Crippen LogP contribution in [0.5, 0.6) is 0 Å². The molecule has 9 aromatic rings. The van der Waals surface area contributed by atoms with Crippen molar-refractivity contribution in [3.63, 3.8) is 0 Å². The van der Waals surface area contributed by atoms with Crippen LogP contribution in [0.3, 0.4) is 0 Å². The van der Waals surface area contributed by atoms with E-state index in [1.807, 2.05) is 48.5 Å². The Kier molecular flexibility index (Phi) is 6.22. The molecular formula is C44H26N4. The van der Waals surface area contributed by atoms with Gasteiger partial charge < -0.3 is 9.13 Å². The van der Waals surface area contributed by atoms with Gasteiger partial charge in [-0.2, -0.15) is 5.26 Å². The number of benzene rings is 7. The van der Waals surface area contributed by atoms with Crippen LogP contribution >= 0.6 is 0 Å². The molecule has 7 aromatic carbocycles. The van der Waals surface area contributed by atoms with Crippen molar-refractivity contribution in [2.24, 2.45) is 0 Å². The zero-order chi connectivity index (χ0) is 32.2. The summed E-state index contributed by atoms with van der Waals surface area (Å²) in [5.74, 6) is 0. The number of fused-ring (bicyclic) bond motifs is 6. The minimum absolute atomic E-state index is 0.604. The first-order chi connectivity index (χ1) is 23.7. The number of hydrogen-bond acceptors (Lipinski definition) is 1. The van der Waals surface area contributed by atoms with Gasteiger partial charge in [0.1, 0.15) is 0 Å². The van der Waals surface area contributed by atoms with E-state index in [9.17, 15) is 5.26 Å². The molecule has 0 unspecified atom stereocenters. The average Bonchev–Trinajstić information content (AvgIpc) is 3.67. The van der Waals surface area contributed by atoms with Crippen molar-refractivity contribution in [3.05, 3.63) is 175 Å². The summed E-state index contributed by atoms with van der Waals surface area (Å²) in [7, 11) is 0. The zero-order valence-corrected chi connectivity index (χ0v) is 25.8. The summed E-state index contributed by atoms with van der Waals surface area (Å²) >= 11 is 0. The van der Waals surface area contributed by atoms with Gasteiger partial charge in [-0.15, -0.1) is 0 Å². The maximum atomic E-state index is 10.2. The molecule has 0 bridgehead atoms. The van der Waals surface area contributed by atoms with E-state index in [-0.39, 0.29) is 0 Å². The first kappa shape index (κ1) is 27.4. The monoisotopic (exact) mass is 610 g/mol. The largest absolute Gasteiger partial charge is 0.309 e. The minimum atomic E-state index is 0.604. The van der Waals surface area contributed by atoms with E-state index in [1.165, 1.54) is 10.8 Å². The lowest BCUT2D eigenvalue weighted by Crippen LogP contribution is -2.02. The van der Waals surface area contributed by atoms with Crippen LogP contribution in [-0.4, -0.2) is 9.13 Å². The Balaban J connectivity index is 1.39. The third-order valence-electron chi connectivity index (χ3n) is 9.38. The standard InChI is InChI=1S/C44H26N4/c1-46-31-24-25-43-39(27-31)37-18-6-9-23-42(37)48(43)44-34(19-11-20-38(44)33-15-3-2-12-30(33)28-45)29-13-10-14-32(26-29)47-40-21-7-4-16-35(40)36-17-5-8-22-41(36)47/h2-27H. The molecule has 4 heteroatoms. The van der Waals surface area contributed by atoms with Crippen LogP contribution in [0, 0.1) is 17.9 Å². The Bertz CT molecular complexity index is 2760. The maximum absolute atomic E-state index is 10.2. The highest BCUT2D eigenvalue weighted by molar-refractivity contribution is 6.12. The van der Waals surface area contributed by atoms with E-state index >= 15 is 0 Å². The molecule has 2 heterocycles. The quantitative estimate of drug-likeness (QED) is 0.183. The van der Waals surface area contributed by atoms with Crippen LogP contribution < -0.4 is 0 Å². The van der Waals surface area contributed by atoms with Gasteiger partial charge in [-0.25, -0.2) is 4.85 Å². The van der Waals surface area contributed by atoms with Gasteiger partial charge in [-0.05, 0) is 59.5 Å². The molecule has 0 spiro atoms. The SMILES string of the molecule is [C-]#[N+]c1ccc2c(c1)c1ccccc1n2-c1c(-c2cccc(-n3c4ccccc4c4ccccc43)c2)cccc1-c1ccccc1C#N. The highest BCUT2D eigenvalue weighted by Gasteiger charge is 2.21. The highest BCUT2D eigenvalue weighted by Crippen LogP contribution is 2.43. The molecule has 0 radical (unpaired) electrons. The van der Waals surface area contributed by atoms with Crippen LogP contribution in [-0.2, 0) is 0 Å². The topological polar surface area (TPSA) is 38.0 Å². The van der Waals surface area contributed by atoms with Gasteiger partial charge in [0.15, 0.2) is 5.69 Å². The van der Waals surface area contributed by atoms with Gasteiger partial charge >= 0.3 is 0 Å². The Morgan fingerprint density at radius 1 is 0.479 bits per heavy atom. The van der Waals surface area contributed by atoms with Crippen molar-refractivity contribution in [1.29, 1.82) is 5.26 Å². The molecule has 0 fully saturated rings. The van der Waals surface area contributed by atoms with E-state index in [1.54, 1.807) is 0 Å². The number of nitrogens with zero attached hydrogens (tertiary/aromatic N) is 4. The number of para-hydroxylation sites is 4. The van der Waals surface area contributed by atoms with E-state index < -0.39 is 0 Å². The second-order valence-electron chi connectivity index (χ2n) is 11.9. The molecule has 0 N–H and O–H groups in total. The lowest BCUT2D eigenvalue weighted by atomic mass is 9.93. The summed E-state index contributed by atoms with van der Waals surface area (Å²) in [6.45, 7) is 7.70. The van der Waals surface area contributed by atoms with Crippen molar-refractivity contribution in [3.8, 4) is 39.7 Å².